The maximum atomic E-state index is 13.1. The van der Waals surface area contributed by atoms with Crippen molar-refractivity contribution in [2.75, 3.05) is 25.2 Å². The molecule has 0 radical (unpaired) electrons. The number of halogens is 5. The van der Waals surface area contributed by atoms with Crippen LogP contribution in [0.15, 0.2) is 65.6 Å². The van der Waals surface area contributed by atoms with Gasteiger partial charge in [0.2, 0.25) is 5.91 Å². The van der Waals surface area contributed by atoms with Crippen molar-refractivity contribution in [2.24, 2.45) is 0 Å². The Hall–Kier alpha value is -2.79. The lowest BCUT2D eigenvalue weighted by molar-refractivity contribution is -0.274. The molecule has 0 saturated carbocycles. The van der Waals surface area contributed by atoms with Gasteiger partial charge in [-0.25, -0.2) is 8.42 Å². The van der Waals surface area contributed by atoms with E-state index in [0.29, 0.717) is 5.56 Å². The van der Waals surface area contributed by atoms with Crippen LogP contribution in [0.1, 0.15) is 11.5 Å². The first-order valence-electron chi connectivity index (χ1n) is 10.4. The second kappa shape index (κ2) is 11.1. The first-order chi connectivity index (χ1) is 16.8. The van der Waals surface area contributed by atoms with Crippen LogP contribution in [-0.2, 0) is 14.6 Å². The molecular formula is C24H21Cl2F3N2O4S. The minimum absolute atomic E-state index is 0.00121. The van der Waals surface area contributed by atoms with E-state index in [1.165, 1.54) is 42.5 Å². The number of hydrogen-bond acceptors (Lipinski definition) is 5. The van der Waals surface area contributed by atoms with Crippen LogP contribution in [-0.4, -0.2) is 40.5 Å². The largest absolute Gasteiger partial charge is 0.573 e. The van der Waals surface area contributed by atoms with Gasteiger partial charge in [-0.3, -0.25) is 4.79 Å². The molecule has 1 unspecified atom stereocenters. The molecule has 1 amide bonds. The number of amides is 1. The third-order valence-corrected chi connectivity index (χ3v) is 6.85. The second-order valence-electron chi connectivity index (χ2n) is 7.80. The number of alkyl halides is 3. The first kappa shape index (κ1) is 27.8. The molecule has 2 N–H and O–H groups in total. The number of benzene rings is 3. The smallest absolute Gasteiger partial charge is 0.405 e. The van der Waals surface area contributed by atoms with E-state index in [9.17, 15) is 26.4 Å². The van der Waals surface area contributed by atoms with Crippen molar-refractivity contribution in [3.8, 4) is 16.9 Å². The summed E-state index contributed by atoms with van der Waals surface area (Å²) in [6, 6.07) is 14.1. The zero-order chi connectivity index (χ0) is 26.7. The molecule has 0 fully saturated rings. The number of ether oxygens (including phenoxy) is 1. The molecule has 0 aliphatic rings. The molecule has 3 rings (SSSR count). The van der Waals surface area contributed by atoms with Crippen LogP contribution in [0, 0.1) is 0 Å². The predicted molar refractivity (Wildman–Crippen MR) is 133 cm³/mol. The van der Waals surface area contributed by atoms with Gasteiger partial charge in [0, 0.05) is 29.6 Å². The first-order valence-corrected chi connectivity index (χ1v) is 13.0. The molecule has 192 valence electrons. The van der Waals surface area contributed by atoms with E-state index in [2.05, 4.69) is 15.4 Å². The molecule has 6 nitrogen and oxygen atoms in total. The zero-order valence-electron chi connectivity index (χ0n) is 19.0. The Kier molecular flexibility index (Phi) is 8.55. The van der Waals surface area contributed by atoms with Gasteiger partial charge >= 0.3 is 6.36 Å². The van der Waals surface area contributed by atoms with Gasteiger partial charge in [0.1, 0.15) is 5.75 Å². The molecule has 3 aromatic rings. The van der Waals surface area contributed by atoms with Crippen molar-refractivity contribution in [2.45, 2.75) is 17.2 Å². The Morgan fingerprint density at radius 3 is 2.14 bits per heavy atom. The molecule has 36 heavy (non-hydrogen) atoms. The van der Waals surface area contributed by atoms with Gasteiger partial charge in [-0.05, 0) is 42.9 Å². The van der Waals surface area contributed by atoms with Gasteiger partial charge in [0.25, 0.3) is 0 Å². The van der Waals surface area contributed by atoms with Crippen LogP contribution >= 0.6 is 23.2 Å². The summed E-state index contributed by atoms with van der Waals surface area (Å²) >= 11 is 12.7. The lowest BCUT2D eigenvalue weighted by atomic mass is 9.98. The van der Waals surface area contributed by atoms with Gasteiger partial charge < -0.3 is 15.4 Å². The highest BCUT2D eigenvalue weighted by atomic mass is 35.5. The van der Waals surface area contributed by atoms with Gasteiger partial charge in [-0.2, -0.15) is 0 Å². The second-order valence-corrected chi connectivity index (χ2v) is 10.6. The number of para-hydroxylation sites is 1. The normalized spacial score (nSPS) is 12.8. The minimum Gasteiger partial charge on any atom is -0.405 e. The van der Waals surface area contributed by atoms with Crippen molar-refractivity contribution >= 4 is 44.6 Å². The summed E-state index contributed by atoms with van der Waals surface area (Å²) in [6.45, 7) is 0.242. The SMILES string of the molecule is CNCC(C(=O)Nc1cc(Cl)c(-c2ccccc2OC(F)(F)F)c(Cl)c1)c1ccc(S(C)(=O)=O)cc1. The summed E-state index contributed by atoms with van der Waals surface area (Å²) < 4.78 is 66.0. The van der Waals surface area contributed by atoms with Gasteiger partial charge in [-0.15, -0.1) is 13.2 Å². The summed E-state index contributed by atoms with van der Waals surface area (Å²) in [4.78, 5) is 13.2. The van der Waals surface area contributed by atoms with Crippen molar-refractivity contribution in [1.29, 1.82) is 0 Å². The summed E-state index contributed by atoms with van der Waals surface area (Å²) in [5, 5.41) is 5.62. The Morgan fingerprint density at radius 2 is 1.61 bits per heavy atom. The van der Waals surface area contributed by atoms with Crippen molar-refractivity contribution in [3.63, 3.8) is 0 Å². The van der Waals surface area contributed by atoms with Gasteiger partial charge in [-0.1, -0.05) is 53.5 Å². The van der Waals surface area contributed by atoms with Crippen molar-refractivity contribution in [1.82, 2.24) is 5.32 Å². The molecule has 0 aliphatic heterocycles. The van der Waals surface area contributed by atoms with Crippen molar-refractivity contribution < 1.29 is 31.1 Å². The lowest BCUT2D eigenvalue weighted by Gasteiger charge is -2.19. The predicted octanol–water partition coefficient (Wildman–Crippen LogP) is 5.90. The highest BCUT2D eigenvalue weighted by molar-refractivity contribution is 7.90. The molecule has 0 spiro atoms. The summed E-state index contributed by atoms with van der Waals surface area (Å²) in [5.74, 6) is -1.60. The highest BCUT2D eigenvalue weighted by Gasteiger charge is 2.32. The third-order valence-electron chi connectivity index (χ3n) is 5.13. The molecule has 0 bridgehead atoms. The van der Waals surface area contributed by atoms with Crippen LogP contribution in [0.2, 0.25) is 10.0 Å². The molecular weight excluding hydrogens is 540 g/mol. The molecule has 12 heteroatoms. The number of rotatable bonds is 8. The number of likely N-dealkylation sites (N-methyl/N-ethyl adjacent to an activating group) is 1. The molecule has 0 aliphatic carbocycles. The van der Waals surface area contributed by atoms with E-state index in [-0.39, 0.29) is 38.3 Å². The standard InChI is InChI=1S/C24H21Cl2F3N2O4S/c1-30-13-18(14-7-9-16(10-8-14)36(2,33)34)23(32)31-15-11-19(25)22(20(26)12-15)17-5-3-4-6-21(17)35-24(27,28)29/h3-12,18,30H,13H2,1-2H3,(H,31,32). The number of nitrogens with one attached hydrogen (secondary N) is 2. The van der Waals surface area contributed by atoms with Crippen molar-refractivity contribution in [3.05, 3.63) is 76.3 Å². The molecule has 0 heterocycles. The number of hydrogen-bond donors (Lipinski definition) is 2. The maximum Gasteiger partial charge on any atom is 0.573 e. The maximum absolute atomic E-state index is 13.1. The van der Waals surface area contributed by atoms with Crippen LogP contribution in [0.3, 0.4) is 0 Å². The van der Waals surface area contributed by atoms with Crippen LogP contribution in [0.5, 0.6) is 5.75 Å². The highest BCUT2D eigenvalue weighted by Crippen LogP contribution is 2.42. The van der Waals surface area contributed by atoms with E-state index >= 15 is 0 Å². The monoisotopic (exact) mass is 560 g/mol. The zero-order valence-corrected chi connectivity index (χ0v) is 21.3. The Balaban J connectivity index is 1.90. The summed E-state index contributed by atoms with van der Waals surface area (Å²) in [5.41, 5.74) is 0.934. The van der Waals surface area contributed by atoms with E-state index in [0.717, 1.165) is 12.3 Å². The average Bonchev–Trinajstić information content (AvgIpc) is 2.76. The summed E-state index contributed by atoms with van der Waals surface area (Å²) in [6.07, 6.45) is -3.82. The fourth-order valence-corrected chi connectivity index (χ4v) is 4.85. The lowest BCUT2D eigenvalue weighted by Crippen LogP contribution is -2.29. The topological polar surface area (TPSA) is 84.5 Å². The van der Waals surface area contributed by atoms with E-state index in [4.69, 9.17) is 23.2 Å². The van der Waals surface area contributed by atoms with Gasteiger partial charge in [0.05, 0.1) is 20.9 Å². The number of sulfone groups is 1. The van der Waals surface area contributed by atoms with Crippen LogP contribution in [0.4, 0.5) is 18.9 Å². The number of anilines is 1. The quantitative estimate of drug-likeness (QED) is 0.358. The summed E-state index contributed by atoms with van der Waals surface area (Å²) in [7, 11) is -1.73. The Bertz CT molecular complexity index is 1340. The van der Waals surface area contributed by atoms with Crippen LogP contribution < -0.4 is 15.4 Å². The van der Waals surface area contributed by atoms with E-state index in [1.54, 1.807) is 19.2 Å². The fourth-order valence-electron chi connectivity index (χ4n) is 3.53. The molecule has 0 saturated heterocycles. The third kappa shape index (κ3) is 6.91. The number of carbonyl (C=O) groups is 1. The molecule has 0 aromatic heterocycles. The average molecular weight is 561 g/mol. The van der Waals surface area contributed by atoms with Gasteiger partial charge in [0.15, 0.2) is 9.84 Å². The Labute approximate surface area is 216 Å². The van der Waals surface area contributed by atoms with E-state index < -0.39 is 33.8 Å². The molecule has 3 aromatic carbocycles. The Morgan fingerprint density at radius 1 is 1.03 bits per heavy atom. The minimum atomic E-state index is -4.91. The van der Waals surface area contributed by atoms with Crippen LogP contribution in [0.25, 0.3) is 11.1 Å². The number of carbonyl (C=O) groups excluding carboxylic acids is 1. The molecule has 1 atom stereocenters. The van der Waals surface area contributed by atoms with E-state index in [1.807, 2.05) is 0 Å². The fraction of sp³-hybridized carbons (Fsp3) is 0.208.